The lowest BCUT2D eigenvalue weighted by atomic mass is 10.0. The van der Waals surface area contributed by atoms with E-state index in [0.717, 1.165) is 4.88 Å². The second-order valence-corrected chi connectivity index (χ2v) is 4.99. The second-order valence-electron chi connectivity index (χ2n) is 4.01. The zero-order valence-corrected chi connectivity index (χ0v) is 11.8. The number of ether oxygens (including phenoxy) is 2. The summed E-state index contributed by atoms with van der Waals surface area (Å²) in [7, 11) is 0. The summed E-state index contributed by atoms with van der Waals surface area (Å²) in [5, 5.41) is 13.0. The molecule has 0 bridgehead atoms. The van der Waals surface area contributed by atoms with Crippen LogP contribution in [0.15, 0.2) is 29.6 Å². The number of nitro groups is 1. The number of benzene rings is 1. The van der Waals surface area contributed by atoms with E-state index in [0.29, 0.717) is 17.1 Å². The molecule has 0 radical (unpaired) electrons. The Kier molecular flexibility index (Phi) is 4.12. The highest BCUT2D eigenvalue weighted by Gasteiger charge is 2.27. The number of fused-ring (bicyclic) bond motifs is 1. The molecular formula is C12H11ClN2O4S. The minimum atomic E-state index is -0.546. The Hall–Kier alpha value is -1.83. The fraction of sp³-hybridized carbons (Fsp3) is 0.167. The van der Waals surface area contributed by atoms with E-state index < -0.39 is 11.0 Å². The van der Waals surface area contributed by atoms with Gasteiger partial charge in [-0.05, 0) is 17.5 Å². The number of halogens is 1. The van der Waals surface area contributed by atoms with E-state index in [9.17, 15) is 10.1 Å². The maximum atomic E-state index is 11.2. The molecule has 1 aliphatic rings. The normalized spacial score (nSPS) is 13.7. The summed E-state index contributed by atoms with van der Waals surface area (Å²) in [5.41, 5.74) is 6.48. The van der Waals surface area contributed by atoms with Crippen molar-refractivity contribution in [3.63, 3.8) is 0 Å². The van der Waals surface area contributed by atoms with Gasteiger partial charge in [0.05, 0.1) is 22.6 Å². The fourth-order valence-electron chi connectivity index (χ4n) is 1.98. The van der Waals surface area contributed by atoms with Crippen LogP contribution < -0.4 is 15.2 Å². The van der Waals surface area contributed by atoms with Crippen molar-refractivity contribution >= 4 is 29.4 Å². The van der Waals surface area contributed by atoms with Gasteiger partial charge in [-0.25, -0.2) is 0 Å². The first-order chi connectivity index (χ1) is 9.16. The molecular weight excluding hydrogens is 304 g/mol. The van der Waals surface area contributed by atoms with Crippen LogP contribution >= 0.6 is 23.7 Å². The van der Waals surface area contributed by atoms with E-state index >= 15 is 0 Å². The van der Waals surface area contributed by atoms with Crippen molar-refractivity contribution in [2.75, 3.05) is 6.79 Å². The first kappa shape index (κ1) is 14.6. The van der Waals surface area contributed by atoms with E-state index in [1.54, 1.807) is 6.07 Å². The Morgan fingerprint density at radius 3 is 2.65 bits per heavy atom. The monoisotopic (exact) mass is 314 g/mol. The molecule has 106 valence electrons. The number of nitrogens with zero attached hydrogens (tertiary/aromatic N) is 1. The maximum Gasteiger partial charge on any atom is 0.278 e. The summed E-state index contributed by atoms with van der Waals surface area (Å²) in [6.07, 6.45) is 0. The highest BCUT2D eigenvalue weighted by atomic mass is 35.5. The Balaban J connectivity index is 0.00000147. The van der Waals surface area contributed by atoms with Crippen LogP contribution in [0.1, 0.15) is 16.5 Å². The van der Waals surface area contributed by atoms with Gasteiger partial charge < -0.3 is 15.2 Å². The molecule has 0 fully saturated rings. The Bertz CT molecular complexity index is 633. The Labute approximate surface area is 124 Å². The molecule has 0 amide bonds. The van der Waals surface area contributed by atoms with Crippen molar-refractivity contribution in [2.45, 2.75) is 6.04 Å². The molecule has 6 nitrogen and oxygen atoms in total. The number of rotatable bonds is 3. The van der Waals surface area contributed by atoms with Gasteiger partial charge in [-0.1, -0.05) is 6.07 Å². The highest BCUT2D eigenvalue weighted by Crippen LogP contribution is 2.41. The third kappa shape index (κ3) is 2.43. The van der Waals surface area contributed by atoms with Crippen molar-refractivity contribution < 1.29 is 14.4 Å². The van der Waals surface area contributed by atoms with E-state index in [1.165, 1.54) is 17.4 Å². The molecule has 1 aliphatic heterocycles. The number of thiophene rings is 1. The summed E-state index contributed by atoms with van der Waals surface area (Å²) in [6.45, 7) is 0.0736. The van der Waals surface area contributed by atoms with Gasteiger partial charge in [0, 0.05) is 4.88 Å². The summed E-state index contributed by atoms with van der Waals surface area (Å²) >= 11 is 1.46. The van der Waals surface area contributed by atoms with Gasteiger partial charge in [-0.3, -0.25) is 10.1 Å². The summed E-state index contributed by atoms with van der Waals surface area (Å²) in [4.78, 5) is 11.6. The van der Waals surface area contributed by atoms with Crippen LogP contribution in [0.3, 0.4) is 0 Å². The van der Waals surface area contributed by atoms with E-state index in [4.69, 9.17) is 15.2 Å². The summed E-state index contributed by atoms with van der Waals surface area (Å²) in [6, 6.07) is 6.12. The van der Waals surface area contributed by atoms with Crippen LogP contribution in [0.4, 0.5) is 5.69 Å². The van der Waals surface area contributed by atoms with Gasteiger partial charge in [0.25, 0.3) is 5.69 Å². The number of nitrogens with two attached hydrogens (primary N) is 1. The predicted octanol–water partition coefficient (Wildman–Crippen LogP) is 2.85. The molecule has 0 aliphatic carbocycles. The Morgan fingerprint density at radius 1 is 1.35 bits per heavy atom. The first-order valence-corrected chi connectivity index (χ1v) is 6.41. The molecule has 0 unspecified atom stereocenters. The van der Waals surface area contributed by atoms with Gasteiger partial charge in [-0.2, -0.15) is 0 Å². The van der Waals surface area contributed by atoms with Crippen LogP contribution in [0.5, 0.6) is 11.5 Å². The minimum Gasteiger partial charge on any atom is -0.454 e. The van der Waals surface area contributed by atoms with Crippen LogP contribution in [-0.2, 0) is 0 Å². The van der Waals surface area contributed by atoms with Gasteiger partial charge in [0.2, 0.25) is 6.79 Å². The molecule has 2 heterocycles. The highest BCUT2D eigenvalue weighted by molar-refractivity contribution is 7.10. The third-order valence-electron chi connectivity index (χ3n) is 2.90. The zero-order chi connectivity index (χ0) is 13.4. The first-order valence-electron chi connectivity index (χ1n) is 5.53. The van der Waals surface area contributed by atoms with Gasteiger partial charge >= 0.3 is 0 Å². The number of nitro benzene ring substituents is 1. The maximum absolute atomic E-state index is 11.2. The van der Waals surface area contributed by atoms with Crippen molar-refractivity contribution in [1.29, 1.82) is 0 Å². The van der Waals surface area contributed by atoms with Crippen LogP contribution in [-0.4, -0.2) is 11.7 Å². The largest absolute Gasteiger partial charge is 0.454 e. The minimum absolute atomic E-state index is 0. The van der Waals surface area contributed by atoms with Crippen molar-refractivity contribution in [3.05, 3.63) is 50.2 Å². The number of hydrogen-bond donors (Lipinski definition) is 1. The lowest BCUT2D eigenvalue weighted by Crippen LogP contribution is -2.12. The molecule has 2 aromatic rings. The van der Waals surface area contributed by atoms with Gasteiger partial charge in [0.1, 0.15) is 0 Å². The van der Waals surface area contributed by atoms with E-state index in [1.807, 2.05) is 17.5 Å². The molecule has 0 spiro atoms. The second kappa shape index (κ2) is 5.66. The van der Waals surface area contributed by atoms with Crippen LogP contribution in [0, 0.1) is 10.1 Å². The molecule has 1 aromatic heterocycles. The molecule has 3 rings (SSSR count). The lowest BCUT2D eigenvalue weighted by Gasteiger charge is -2.11. The molecule has 2 N–H and O–H groups in total. The van der Waals surface area contributed by atoms with E-state index in [-0.39, 0.29) is 24.9 Å². The van der Waals surface area contributed by atoms with Crippen LogP contribution in [0.2, 0.25) is 0 Å². The van der Waals surface area contributed by atoms with Gasteiger partial charge in [0.15, 0.2) is 11.5 Å². The smallest absolute Gasteiger partial charge is 0.278 e. The molecule has 0 saturated carbocycles. The molecule has 8 heteroatoms. The molecule has 20 heavy (non-hydrogen) atoms. The molecule has 0 saturated heterocycles. The van der Waals surface area contributed by atoms with Crippen molar-refractivity contribution in [1.82, 2.24) is 0 Å². The zero-order valence-electron chi connectivity index (χ0n) is 10.1. The average Bonchev–Trinajstić information content (AvgIpc) is 3.06. The Morgan fingerprint density at radius 2 is 2.05 bits per heavy atom. The molecule has 1 atom stereocenters. The van der Waals surface area contributed by atoms with Crippen LogP contribution in [0.25, 0.3) is 0 Å². The average molecular weight is 315 g/mol. The van der Waals surface area contributed by atoms with E-state index in [2.05, 4.69) is 0 Å². The SMILES string of the molecule is Cl.N[C@H](c1cccs1)c1cc2c(cc1[N+](=O)[O-])OCO2. The van der Waals surface area contributed by atoms with Crippen molar-refractivity contribution in [2.24, 2.45) is 5.73 Å². The fourth-order valence-corrected chi connectivity index (χ4v) is 2.72. The third-order valence-corrected chi connectivity index (χ3v) is 3.86. The quantitative estimate of drug-likeness (QED) is 0.695. The van der Waals surface area contributed by atoms with Crippen molar-refractivity contribution in [3.8, 4) is 11.5 Å². The van der Waals surface area contributed by atoms with Gasteiger partial charge in [-0.15, -0.1) is 23.7 Å². The number of hydrogen-bond acceptors (Lipinski definition) is 6. The lowest BCUT2D eigenvalue weighted by molar-refractivity contribution is -0.385. The molecule has 1 aromatic carbocycles. The summed E-state index contributed by atoms with van der Waals surface area (Å²) in [5.74, 6) is 0.876. The topological polar surface area (TPSA) is 87.6 Å². The predicted molar refractivity (Wildman–Crippen MR) is 76.8 cm³/mol. The standard InChI is InChI=1S/C12H10N2O4S.ClH/c13-12(11-2-1-3-19-11)7-4-9-10(18-6-17-9)5-8(7)14(15)16;/h1-5,12H,6,13H2;1H/t12-;/m0./s1. The summed E-state index contributed by atoms with van der Waals surface area (Å²) < 4.78 is 10.4.